The summed E-state index contributed by atoms with van der Waals surface area (Å²) < 4.78 is 0. The highest BCUT2D eigenvalue weighted by Gasteiger charge is 2.32. The summed E-state index contributed by atoms with van der Waals surface area (Å²) in [4.78, 5) is 2.62. The normalized spacial score (nSPS) is 32.4. The molecule has 0 aromatic heterocycles. The third kappa shape index (κ3) is 5.22. The zero-order chi connectivity index (χ0) is 14.5. The smallest absolute Gasteiger partial charge is 0.0198 e. The molecule has 1 heterocycles. The number of nitrogens with one attached hydrogen (secondary N) is 1. The van der Waals surface area contributed by atoms with Gasteiger partial charge in [0.2, 0.25) is 0 Å². The van der Waals surface area contributed by atoms with Gasteiger partial charge in [-0.1, -0.05) is 32.1 Å². The monoisotopic (exact) mass is 293 g/mol. The predicted octanol–water partition coefficient (Wildman–Crippen LogP) is 2.61. The van der Waals surface area contributed by atoms with Crippen LogP contribution in [0, 0.1) is 17.8 Å². The van der Waals surface area contributed by atoms with Gasteiger partial charge >= 0.3 is 0 Å². The average molecular weight is 293 g/mol. The molecule has 0 aromatic carbocycles. The zero-order valence-corrected chi connectivity index (χ0v) is 13.7. The van der Waals surface area contributed by atoms with Crippen LogP contribution in [0.1, 0.15) is 57.8 Å². The lowest BCUT2D eigenvalue weighted by molar-refractivity contribution is 0.132. The van der Waals surface area contributed by atoms with Gasteiger partial charge in [0.25, 0.3) is 0 Å². The van der Waals surface area contributed by atoms with Gasteiger partial charge in [-0.25, -0.2) is 0 Å². The zero-order valence-electron chi connectivity index (χ0n) is 13.7. The Balaban J connectivity index is 1.44. The van der Waals surface area contributed by atoms with Crippen LogP contribution in [-0.4, -0.2) is 43.7 Å². The van der Waals surface area contributed by atoms with Crippen molar-refractivity contribution >= 4 is 0 Å². The second-order valence-electron chi connectivity index (χ2n) is 7.94. The molecule has 3 nitrogen and oxygen atoms in total. The predicted molar refractivity (Wildman–Crippen MR) is 89.3 cm³/mol. The maximum absolute atomic E-state index is 5.79. The molecule has 2 unspecified atom stereocenters. The summed E-state index contributed by atoms with van der Waals surface area (Å²) >= 11 is 0. The summed E-state index contributed by atoms with van der Waals surface area (Å²) in [5.74, 6) is 2.93. The summed E-state index contributed by atoms with van der Waals surface area (Å²) in [5.41, 5.74) is 5.79. The highest BCUT2D eigenvalue weighted by Crippen LogP contribution is 2.37. The number of rotatable bonds is 7. The van der Waals surface area contributed by atoms with E-state index in [2.05, 4.69) is 10.2 Å². The van der Waals surface area contributed by atoms with Crippen LogP contribution < -0.4 is 11.1 Å². The van der Waals surface area contributed by atoms with Crippen LogP contribution in [0.4, 0.5) is 0 Å². The third-order valence-corrected chi connectivity index (χ3v) is 5.84. The second-order valence-corrected chi connectivity index (χ2v) is 7.94. The molecule has 21 heavy (non-hydrogen) atoms. The molecule has 3 fully saturated rings. The van der Waals surface area contributed by atoms with Gasteiger partial charge in [0, 0.05) is 32.2 Å². The van der Waals surface area contributed by atoms with Gasteiger partial charge in [0.05, 0.1) is 0 Å². The van der Waals surface area contributed by atoms with E-state index in [1.54, 1.807) is 0 Å². The van der Waals surface area contributed by atoms with E-state index in [9.17, 15) is 0 Å². The fourth-order valence-electron chi connectivity index (χ4n) is 4.54. The Morgan fingerprint density at radius 3 is 2.43 bits per heavy atom. The molecule has 122 valence electrons. The molecule has 2 aliphatic carbocycles. The van der Waals surface area contributed by atoms with E-state index >= 15 is 0 Å². The molecule has 0 aromatic rings. The van der Waals surface area contributed by atoms with E-state index in [0.29, 0.717) is 0 Å². The summed E-state index contributed by atoms with van der Waals surface area (Å²) in [7, 11) is 0. The highest BCUT2D eigenvalue weighted by atomic mass is 15.2. The molecule has 0 amide bonds. The quantitative estimate of drug-likeness (QED) is 0.758. The highest BCUT2D eigenvalue weighted by molar-refractivity contribution is 4.87. The van der Waals surface area contributed by atoms with Gasteiger partial charge in [0.15, 0.2) is 0 Å². The fraction of sp³-hybridized carbons (Fsp3) is 1.00. The van der Waals surface area contributed by atoms with Crippen LogP contribution >= 0.6 is 0 Å². The van der Waals surface area contributed by atoms with Crippen molar-refractivity contribution in [3.05, 3.63) is 0 Å². The van der Waals surface area contributed by atoms with Gasteiger partial charge in [-0.05, 0) is 50.0 Å². The molecule has 3 heteroatoms. The third-order valence-electron chi connectivity index (χ3n) is 5.84. The maximum atomic E-state index is 5.79. The lowest BCUT2D eigenvalue weighted by Crippen LogP contribution is -2.51. The van der Waals surface area contributed by atoms with Gasteiger partial charge in [-0.2, -0.15) is 0 Å². The first kappa shape index (κ1) is 15.8. The Hall–Kier alpha value is -0.120. The fourth-order valence-corrected chi connectivity index (χ4v) is 4.54. The topological polar surface area (TPSA) is 41.3 Å². The first-order chi connectivity index (χ1) is 10.3. The molecule has 2 saturated carbocycles. The summed E-state index contributed by atoms with van der Waals surface area (Å²) in [6, 6.07) is 0.718. The number of nitrogens with two attached hydrogens (primary N) is 1. The molecule has 0 bridgehead atoms. The van der Waals surface area contributed by atoms with E-state index in [-0.39, 0.29) is 0 Å². The van der Waals surface area contributed by atoms with Gasteiger partial charge in [0.1, 0.15) is 0 Å². The summed E-state index contributed by atoms with van der Waals surface area (Å²) in [6.45, 7) is 5.69. The van der Waals surface area contributed by atoms with Crippen LogP contribution in [0.5, 0.6) is 0 Å². The van der Waals surface area contributed by atoms with E-state index in [1.807, 2.05) is 0 Å². The van der Waals surface area contributed by atoms with Crippen molar-refractivity contribution in [3.63, 3.8) is 0 Å². The van der Waals surface area contributed by atoms with Crippen molar-refractivity contribution in [1.82, 2.24) is 10.2 Å². The van der Waals surface area contributed by atoms with Crippen molar-refractivity contribution < 1.29 is 0 Å². The van der Waals surface area contributed by atoms with Gasteiger partial charge in [-0.15, -0.1) is 0 Å². The largest absolute Gasteiger partial charge is 0.329 e. The van der Waals surface area contributed by atoms with E-state index < -0.39 is 0 Å². The summed E-state index contributed by atoms with van der Waals surface area (Å²) in [6.07, 6.45) is 13.2. The van der Waals surface area contributed by atoms with Gasteiger partial charge in [-0.3, -0.25) is 0 Å². The lowest BCUT2D eigenvalue weighted by Gasteiger charge is -2.39. The number of hydrogen-bond donors (Lipinski definition) is 2. The number of hydrogen-bond acceptors (Lipinski definition) is 3. The van der Waals surface area contributed by atoms with Crippen LogP contribution in [0.15, 0.2) is 0 Å². The van der Waals surface area contributed by atoms with Gasteiger partial charge < -0.3 is 16.0 Å². The maximum Gasteiger partial charge on any atom is 0.0198 e. The Labute approximate surface area is 131 Å². The van der Waals surface area contributed by atoms with E-state index in [4.69, 9.17) is 5.73 Å². The van der Waals surface area contributed by atoms with E-state index in [0.717, 1.165) is 36.9 Å². The first-order valence-electron chi connectivity index (χ1n) is 9.49. The standard InChI is InChI=1S/C18H35N3/c19-8-9-21-13-17(10-15-6-7-15)11-18(14-21)20-12-16-4-2-1-3-5-16/h15-18,20H,1-14,19H2. The Morgan fingerprint density at radius 2 is 1.71 bits per heavy atom. The average Bonchev–Trinajstić information content (AvgIpc) is 3.30. The molecule has 0 radical (unpaired) electrons. The van der Waals surface area contributed by atoms with Crippen LogP contribution in [0.3, 0.4) is 0 Å². The molecule has 1 aliphatic heterocycles. The Bertz CT molecular complexity index is 297. The minimum absolute atomic E-state index is 0.718. The van der Waals surface area contributed by atoms with Crippen molar-refractivity contribution in [2.24, 2.45) is 23.5 Å². The minimum atomic E-state index is 0.718. The van der Waals surface area contributed by atoms with Crippen LogP contribution in [0.2, 0.25) is 0 Å². The molecule has 3 rings (SSSR count). The molecule has 0 spiro atoms. The SMILES string of the molecule is NCCN1CC(CC2CC2)CC(NCC2CCCCC2)C1. The lowest BCUT2D eigenvalue weighted by atomic mass is 9.87. The van der Waals surface area contributed by atoms with Crippen LogP contribution in [0.25, 0.3) is 0 Å². The molecule has 1 saturated heterocycles. The van der Waals surface area contributed by atoms with Crippen LogP contribution in [-0.2, 0) is 0 Å². The Kier molecular flexibility index (Phi) is 5.96. The molecular weight excluding hydrogens is 258 g/mol. The van der Waals surface area contributed by atoms with E-state index in [1.165, 1.54) is 77.4 Å². The molecule has 3 aliphatic rings. The first-order valence-corrected chi connectivity index (χ1v) is 9.49. The molecular formula is C18H35N3. The number of likely N-dealkylation sites (tertiary alicyclic amines) is 1. The minimum Gasteiger partial charge on any atom is -0.329 e. The van der Waals surface area contributed by atoms with Crippen molar-refractivity contribution in [1.29, 1.82) is 0 Å². The van der Waals surface area contributed by atoms with Crippen molar-refractivity contribution in [3.8, 4) is 0 Å². The van der Waals surface area contributed by atoms with Crippen molar-refractivity contribution in [2.75, 3.05) is 32.7 Å². The Morgan fingerprint density at radius 1 is 0.905 bits per heavy atom. The number of nitrogens with zero attached hydrogens (tertiary/aromatic N) is 1. The van der Waals surface area contributed by atoms with Crippen molar-refractivity contribution in [2.45, 2.75) is 63.8 Å². The summed E-state index contributed by atoms with van der Waals surface area (Å²) in [5, 5.41) is 3.92. The second kappa shape index (κ2) is 7.94. The molecule has 3 N–H and O–H groups in total. The molecule has 2 atom stereocenters. The number of piperidine rings is 1.